The van der Waals surface area contributed by atoms with Gasteiger partial charge in [-0.25, -0.2) is 0 Å². The summed E-state index contributed by atoms with van der Waals surface area (Å²) < 4.78 is 1.60. The van der Waals surface area contributed by atoms with E-state index >= 15 is 0 Å². The van der Waals surface area contributed by atoms with Crippen molar-refractivity contribution in [3.8, 4) is 0 Å². The Morgan fingerprint density at radius 3 is 2.50 bits per heavy atom. The summed E-state index contributed by atoms with van der Waals surface area (Å²) in [6.07, 6.45) is 1.55. The molecule has 0 saturated carbocycles. The van der Waals surface area contributed by atoms with E-state index in [1.165, 1.54) is 4.90 Å². The minimum Gasteiger partial charge on any atom is -0.480 e. The van der Waals surface area contributed by atoms with Gasteiger partial charge in [0.25, 0.3) is 5.91 Å². The van der Waals surface area contributed by atoms with E-state index in [-0.39, 0.29) is 18.5 Å². The van der Waals surface area contributed by atoms with Crippen LogP contribution in [0.1, 0.15) is 30.4 Å². The van der Waals surface area contributed by atoms with Crippen LogP contribution >= 0.6 is 0 Å². The van der Waals surface area contributed by atoms with E-state index in [9.17, 15) is 9.59 Å². The fourth-order valence-corrected chi connectivity index (χ4v) is 1.79. The molecular weight excluding hydrogens is 260 g/mol. The Morgan fingerprint density at radius 2 is 2.00 bits per heavy atom. The summed E-state index contributed by atoms with van der Waals surface area (Å²) in [5.41, 5.74) is 0.417. The SMILES string of the molecule is CC(C)n1nccc1C(=O)N(CCN(C)C)CC(=O)O. The van der Waals surface area contributed by atoms with Gasteiger partial charge >= 0.3 is 5.97 Å². The molecule has 0 aliphatic rings. The fraction of sp³-hybridized carbons (Fsp3) is 0.615. The molecule has 1 heterocycles. The van der Waals surface area contributed by atoms with Crippen molar-refractivity contribution >= 4 is 11.9 Å². The van der Waals surface area contributed by atoms with E-state index < -0.39 is 5.97 Å². The van der Waals surface area contributed by atoms with E-state index in [1.54, 1.807) is 16.9 Å². The molecule has 0 fully saturated rings. The predicted octanol–water partition coefficient (Wildman–Crippen LogP) is 0.552. The number of carboxylic acids is 1. The summed E-state index contributed by atoms with van der Waals surface area (Å²) in [5, 5.41) is 13.0. The predicted molar refractivity (Wildman–Crippen MR) is 74.7 cm³/mol. The minimum absolute atomic E-state index is 0.0458. The van der Waals surface area contributed by atoms with E-state index in [0.717, 1.165) is 0 Å². The molecule has 7 heteroatoms. The highest BCUT2D eigenvalue weighted by Gasteiger charge is 2.22. The number of likely N-dealkylation sites (N-methyl/N-ethyl adjacent to an activating group) is 1. The third-order valence-electron chi connectivity index (χ3n) is 2.81. The third-order valence-corrected chi connectivity index (χ3v) is 2.81. The molecule has 20 heavy (non-hydrogen) atoms. The van der Waals surface area contributed by atoms with Gasteiger partial charge in [-0.1, -0.05) is 0 Å². The van der Waals surface area contributed by atoms with Gasteiger partial charge in [-0.3, -0.25) is 14.3 Å². The number of aliphatic carboxylic acids is 1. The smallest absolute Gasteiger partial charge is 0.323 e. The highest BCUT2D eigenvalue weighted by molar-refractivity contribution is 5.94. The summed E-state index contributed by atoms with van der Waals surface area (Å²) >= 11 is 0. The van der Waals surface area contributed by atoms with Gasteiger partial charge in [0.1, 0.15) is 12.2 Å². The molecule has 0 saturated heterocycles. The van der Waals surface area contributed by atoms with Crippen LogP contribution in [0.15, 0.2) is 12.3 Å². The number of hydrogen-bond donors (Lipinski definition) is 1. The van der Waals surface area contributed by atoms with Crippen molar-refractivity contribution < 1.29 is 14.7 Å². The standard InChI is InChI=1S/C13H22N4O3/c1-10(2)17-11(5-6-14-17)13(20)16(9-12(18)19)8-7-15(3)4/h5-6,10H,7-9H2,1-4H3,(H,18,19). The number of nitrogens with zero attached hydrogens (tertiary/aromatic N) is 4. The number of carbonyl (C=O) groups excluding carboxylic acids is 1. The van der Waals surface area contributed by atoms with Crippen molar-refractivity contribution in [1.82, 2.24) is 19.6 Å². The van der Waals surface area contributed by atoms with Crippen molar-refractivity contribution in [2.24, 2.45) is 0 Å². The average molecular weight is 282 g/mol. The summed E-state index contributed by atoms with van der Waals surface area (Å²) in [7, 11) is 3.75. The zero-order valence-corrected chi connectivity index (χ0v) is 12.4. The first-order valence-corrected chi connectivity index (χ1v) is 6.52. The molecule has 1 N–H and O–H groups in total. The van der Waals surface area contributed by atoms with E-state index in [2.05, 4.69) is 5.10 Å². The number of carboxylic acid groups (broad SMARTS) is 1. The molecule has 1 amide bonds. The molecule has 0 aliphatic carbocycles. The highest BCUT2D eigenvalue weighted by Crippen LogP contribution is 2.11. The second-order valence-corrected chi connectivity index (χ2v) is 5.18. The Bertz CT molecular complexity index is 468. The van der Waals surface area contributed by atoms with Crippen LogP contribution in [0, 0.1) is 0 Å². The lowest BCUT2D eigenvalue weighted by Gasteiger charge is -2.23. The number of carbonyl (C=O) groups is 2. The summed E-state index contributed by atoms with van der Waals surface area (Å²) in [6.45, 7) is 4.50. The first kappa shape index (κ1) is 16.2. The maximum atomic E-state index is 12.5. The fourth-order valence-electron chi connectivity index (χ4n) is 1.79. The van der Waals surface area contributed by atoms with Crippen LogP contribution in [0.25, 0.3) is 0 Å². The number of aromatic nitrogens is 2. The molecule has 0 aliphatic heterocycles. The van der Waals surface area contributed by atoms with Crippen molar-refractivity contribution in [3.05, 3.63) is 18.0 Å². The Kier molecular flexibility index (Phi) is 5.69. The van der Waals surface area contributed by atoms with E-state index in [1.807, 2.05) is 32.8 Å². The van der Waals surface area contributed by atoms with Crippen LogP contribution in [-0.4, -0.2) is 70.3 Å². The molecule has 1 rings (SSSR count). The normalized spacial score (nSPS) is 11.1. The molecule has 0 unspecified atom stereocenters. The molecule has 0 spiro atoms. The van der Waals surface area contributed by atoms with Gasteiger partial charge in [-0.2, -0.15) is 5.10 Å². The zero-order valence-electron chi connectivity index (χ0n) is 12.4. The topological polar surface area (TPSA) is 78.7 Å². The Labute approximate surface area is 118 Å². The monoisotopic (exact) mass is 282 g/mol. The van der Waals surface area contributed by atoms with Crippen LogP contribution < -0.4 is 0 Å². The lowest BCUT2D eigenvalue weighted by molar-refractivity contribution is -0.137. The lowest BCUT2D eigenvalue weighted by atomic mass is 10.3. The molecule has 7 nitrogen and oxygen atoms in total. The van der Waals surface area contributed by atoms with E-state index in [0.29, 0.717) is 18.8 Å². The van der Waals surface area contributed by atoms with Gasteiger partial charge in [-0.05, 0) is 34.0 Å². The van der Waals surface area contributed by atoms with Gasteiger partial charge in [0, 0.05) is 25.3 Å². The molecule has 0 aromatic carbocycles. The zero-order chi connectivity index (χ0) is 15.3. The minimum atomic E-state index is -1.02. The second kappa shape index (κ2) is 7.04. The Morgan fingerprint density at radius 1 is 1.35 bits per heavy atom. The molecule has 0 radical (unpaired) electrons. The van der Waals surface area contributed by atoms with Crippen LogP contribution in [0.4, 0.5) is 0 Å². The van der Waals surface area contributed by atoms with Gasteiger partial charge in [0.05, 0.1) is 0 Å². The molecule has 0 atom stereocenters. The first-order chi connectivity index (χ1) is 9.32. The number of hydrogen-bond acceptors (Lipinski definition) is 4. The number of amides is 1. The summed E-state index contributed by atoms with van der Waals surface area (Å²) in [6, 6.07) is 1.66. The van der Waals surface area contributed by atoms with Gasteiger partial charge in [-0.15, -0.1) is 0 Å². The van der Waals surface area contributed by atoms with Gasteiger partial charge < -0.3 is 14.9 Å². The van der Waals surface area contributed by atoms with Crippen molar-refractivity contribution in [2.45, 2.75) is 19.9 Å². The molecule has 0 bridgehead atoms. The largest absolute Gasteiger partial charge is 0.480 e. The first-order valence-electron chi connectivity index (χ1n) is 6.52. The summed E-state index contributed by atoms with van der Waals surface area (Å²) in [5.74, 6) is -1.33. The van der Waals surface area contributed by atoms with Gasteiger partial charge in [0.2, 0.25) is 0 Å². The van der Waals surface area contributed by atoms with Crippen LogP contribution in [0.3, 0.4) is 0 Å². The van der Waals surface area contributed by atoms with Crippen molar-refractivity contribution in [2.75, 3.05) is 33.7 Å². The second-order valence-electron chi connectivity index (χ2n) is 5.18. The molecular formula is C13H22N4O3. The third kappa shape index (κ3) is 4.34. The molecule has 1 aromatic heterocycles. The number of rotatable bonds is 7. The van der Waals surface area contributed by atoms with Crippen molar-refractivity contribution in [3.63, 3.8) is 0 Å². The maximum Gasteiger partial charge on any atom is 0.323 e. The quantitative estimate of drug-likeness (QED) is 0.790. The van der Waals surface area contributed by atoms with Crippen LogP contribution in [0.2, 0.25) is 0 Å². The van der Waals surface area contributed by atoms with Crippen LogP contribution in [-0.2, 0) is 4.79 Å². The Hall–Kier alpha value is -1.89. The Balaban J connectivity index is 2.91. The van der Waals surface area contributed by atoms with E-state index in [4.69, 9.17) is 5.11 Å². The summed E-state index contributed by atoms with van der Waals surface area (Å²) in [4.78, 5) is 26.6. The lowest BCUT2D eigenvalue weighted by Crippen LogP contribution is -2.41. The molecule has 112 valence electrons. The highest BCUT2D eigenvalue weighted by atomic mass is 16.4. The van der Waals surface area contributed by atoms with Crippen LogP contribution in [0.5, 0.6) is 0 Å². The van der Waals surface area contributed by atoms with Gasteiger partial charge in [0.15, 0.2) is 0 Å². The molecule has 1 aromatic rings. The average Bonchev–Trinajstić information content (AvgIpc) is 2.82. The van der Waals surface area contributed by atoms with Crippen molar-refractivity contribution in [1.29, 1.82) is 0 Å². The maximum absolute atomic E-state index is 12.5.